The maximum Gasteiger partial charge on any atom is 0.157 e. The third kappa shape index (κ3) is 3.96. The number of benzene rings is 2. The Kier molecular flexibility index (Phi) is 5.48. The number of H-pyrrole nitrogens is 1. The molecule has 0 aliphatic carbocycles. The first kappa shape index (κ1) is 19.8. The molecule has 2 aromatic carbocycles. The first-order valence-electron chi connectivity index (χ1n) is 10.3. The fraction of sp³-hybridized carbons (Fsp3) is 0.261. The monoisotopic (exact) mass is 432 g/mol. The maximum atomic E-state index is 10.7. The molecular weight excluding hydrogens is 408 g/mol. The van der Waals surface area contributed by atoms with Crippen LogP contribution in [0.1, 0.15) is 0 Å². The average Bonchev–Trinajstić information content (AvgIpc) is 3.31. The van der Waals surface area contributed by atoms with E-state index < -0.39 is 0 Å². The highest BCUT2D eigenvalue weighted by Crippen LogP contribution is 2.32. The van der Waals surface area contributed by atoms with Gasteiger partial charge in [-0.05, 0) is 48.7 Å². The molecule has 0 atom stereocenters. The minimum absolute atomic E-state index is 0.524. The second-order valence-electron chi connectivity index (χ2n) is 7.63. The van der Waals surface area contributed by atoms with E-state index in [1.807, 2.05) is 6.20 Å². The molecule has 7 nitrogen and oxygen atoms in total. The van der Waals surface area contributed by atoms with Gasteiger partial charge in [-0.1, -0.05) is 0 Å². The van der Waals surface area contributed by atoms with Crippen molar-refractivity contribution in [3.63, 3.8) is 0 Å². The van der Waals surface area contributed by atoms with E-state index in [1.54, 1.807) is 11.8 Å². The molecule has 8 heteroatoms. The first-order valence-corrected chi connectivity index (χ1v) is 11.6. The minimum atomic E-state index is 0.524. The van der Waals surface area contributed by atoms with Crippen LogP contribution in [-0.2, 0) is 4.79 Å². The summed E-state index contributed by atoms with van der Waals surface area (Å²) in [5.41, 5.74) is 4.02. The molecule has 1 aliphatic heterocycles. The van der Waals surface area contributed by atoms with Crippen LogP contribution < -0.4 is 10.2 Å². The number of piperazine rings is 1. The zero-order chi connectivity index (χ0) is 21.2. The van der Waals surface area contributed by atoms with Crippen molar-refractivity contribution in [3.05, 3.63) is 48.7 Å². The molecule has 1 saturated heterocycles. The number of carbonyl (C=O) groups is 1. The molecule has 158 valence electrons. The summed E-state index contributed by atoms with van der Waals surface area (Å²) in [5, 5.41) is 13.0. The largest absolute Gasteiger partial charge is 0.369 e. The van der Waals surface area contributed by atoms with Crippen LogP contribution in [0, 0.1) is 0 Å². The van der Waals surface area contributed by atoms with E-state index in [4.69, 9.17) is 4.98 Å². The van der Waals surface area contributed by atoms with Crippen LogP contribution in [0.4, 0.5) is 17.2 Å². The second kappa shape index (κ2) is 8.56. The Morgan fingerprint density at radius 2 is 1.90 bits per heavy atom. The summed E-state index contributed by atoms with van der Waals surface area (Å²) in [7, 11) is 0. The van der Waals surface area contributed by atoms with Gasteiger partial charge >= 0.3 is 0 Å². The molecule has 5 rings (SSSR count). The smallest absolute Gasteiger partial charge is 0.157 e. The van der Waals surface area contributed by atoms with E-state index in [9.17, 15) is 4.79 Å². The van der Waals surface area contributed by atoms with E-state index >= 15 is 0 Å². The molecule has 3 heterocycles. The van der Waals surface area contributed by atoms with Gasteiger partial charge in [-0.15, -0.1) is 11.8 Å². The number of hydrogen-bond donors (Lipinski definition) is 2. The zero-order valence-corrected chi connectivity index (χ0v) is 18.2. The predicted octanol–water partition coefficient (Wildman–Crippen LogP) is 3.90. The van der Waals surface area contributed by atoms with Crippen molar-refractivity contribution in [3.8, 4) is 0 Å². The van der Waals surface area contributed by atoms with E-state index in [-0.39, 0.29) is 0 Å². The Labute approximate surface area is 184 Å². The molecule has 4 aromatic rings. The van der Waals surface area contributed by atoms with E-state index in [1.165, 1.54) is 10.6 Å². The third-order valence-electron chi connectivity index (χ3n) is 5.80. The van der Waals surface area contributed by atoms with Crippen molar-refractivity contribution in [1.29, 1.82) is 0 Å². The third-order valence-corrected chi connectivity index (χ3v) is 6.53. The van der Waals surface area contributed by atoms with Gasteiger partial charge in [-0.25, -0.2) is 4.98 Å². The highest BCUT2D eigenvalue weighted by atomic mass is 32.2. The van der Waals surface area contributed by atoms with Gasteiger partial charge < -0.3 is 15.0 Å². The summed E-state index contributed by atoms with van der Waals surface area (Å²) < 4.78 is 0. The quantitative estimate of drug-likeness (QED) is 0.353. The van der Waals surface area contributed by atoms with Gasteiger partial charge in [0, 0.05) is 53.2 Å². The lowest BCUT2D eigenvalue weighted by Gasteiger charge is -2.35. The molecule has 0 spiro atoms. The number of pyridine rings is 1. The van der Waals surface area contributed by atoms with Crippen LogP contribution in [-0.4, -0.2) is 65.3 Å². The van der Waals surface area contributed by atoms with Gasteiger partial charge in [-0.3, -0.25) is 10.00 Å². The van der Waals surface area contributed by atoms with Crippen LogP contribution in [0.5, 0.6) is 0 Å². The molecule has 0 saturated carbocycles. The molecule has 1 aliphatic rings. The number of aromatic amines is 1. The molecule has 31 heavy (non-hydrogen) atoms. The Morgan fingerprint density at radius 1 is 1.10 bits per heavy atom. The lowest BCUT2D eigenvalue weighted by molar-refractivity contribution is -0.108. The molecular formula is C23H24N6OS. The molecule has 0 amide bonds. The van der Waals surface area contributed by atoms with Gasteiger partial charge in [0.05, 0.1) is 18.3 Å². The fourth-order valence-corrected chi connectivity index (χ4v) is 4.52. The molecule has 0 bridgehead atoms. The number of aromatic nitrogens is 3. The zero-order valence-electron chi connectivity index (χ0n) is 17.3. The normalized spacial score (nSPS) is 14.9. The van der Waals surface area contributed by atoms with Crippen LogP contribution >= 0.6 is 11.8 Å². The van der Waals surface area contributed by atoms with Crippen molar-refractivity contribution in [2.75, 3.05) is 49.2 Å². The standard InChI is InChI=1S/C23H24N6OS/c1-31-18-6-7-21-19(14-18)20-15-24-27-22(20)23(26-21)25-16-2-4-17(5-3-16)29-10-8-28(9-11-29)12-13-30/h2-7,13-15H,8-12H2,1H3,(H,24,27)(H,25,26). The number of aldehydes is 1. The number of anilines is 3. The van der Waals surface area contributed by atoms with Crippen molar-refractivity contribution >= 4 is 57.0 Å². The van der Waals surface area contributed by atoms with Crippen LogP contribution in [0.25, 0.3) is 21.8 Å². The molecule has 2 N–H and O–H groups in total. The molecule has 0 radical (unpaired) electrons. The number of carbonyl (C=O) groups excluding carboxylic acids is 1. The highest BCUT2D eigenvalue weighted by molar-refractivity contribution is 7.98. The number of nitrogens with zero attached hydrogens (tertiary/aromatic N) is 4. The van der Waals surface area contributed by atoms with Gasteiger partial charge in [0.15, 0.2) is 5.82 Å². The van der Waals surface area contributed by atoms with Crippen LogP contribution in [0.2, 0.25) is 0 Å². The maximum absolute atomic E-state index is 10.7. The predicted molar refractivity (Wildman–Crippen MR) is 128 cm³/mol. The van der Waals surface area contributed by atoms with Crippen molar-refractivity contribution in [2.24, 2.45) is 0 Å². The summed E-state index contributed by atoms with van der Waals surface area (Å²) in [6.45, 7) is 4.21. The minimum Gasteiger partial charge on any atom is -0.369 e. The Hall–Kier alpha value is -3.10. The van der Waals surface area contributed by atoms with Crippen molar-refractivity contribution < 1.29 is 4.79 Å². The summed E-state index contributed by atoms with van der Waals surface area (Å²) in [6, 6.07) is 14.8. The van der Waals surface area contributed by atoms with Crippen molar-refractivity contribution in [1.82, 2.24) is 20.1 Å². The van der Waals surface area contributed by atoms with Gasteiger partial charge in [0.1, 0.15) is 11.8 Å². The second-order valence-corrected chi connectivity index (χ2v) is 8.51. The molecule has 2 aromatic heterocycles. The molecule has 1 fully saturated rings. The summed E-state index contributed by atoms with van der Waals surface area (Å²) >= 11 is 1.72. The highest BCUT2D eigenvalue weighted by Gasteiger charge is 2.17. The van der Waals surface area contributed by atoms with Gasteiger partial charge in [-0.2, -0.15) is 5.10 Å². The van der Waals surface area contributed by atoms with Crippen LogP contribution in [0.15, 0.2) is 53.6 Å². The molecule has 0 unspecified atom stereocenters. The number of hydrogen-bond acceptors (Lipinski definition) is 7. The van der Waals surface area contributed by atoms with Crippen LogP contribution in [0.3, 0.4) is 0 Å². The summed E-state index contributed by atoms with van der Waals surface area (Å²) in [6.07, 6.45) is 4.92. The number of rotatable bonds is 6. The average molecular weight is 433 g/mol. The Balaban J connectivity index is 1.37. The fourth-order valence-electron chi connectivity index (χ4n) is 4.08. The van der Waals surface area contributed by atoms with Crippen molar-refractivity contribution in [2.45, 2.75) is 4.90 Å². The van der Waals surface area contributed by atoms with E-state index in [0.717, 1.165) is 65.8 Å². The first-order chi connectivity index (χ1) is 15.2. The van der Waals surface area contributed by atoms with Gasteiger partial charge in [0.2, 0.25) is 0 Å². The van der Waals surface area contributed by atoms with E-state index in [0.29, 0.717) is 6.54 Å². The SMILES string of the molecule is CSc1ccc2nc(Nc3ccc(N4CCN(CC=O)CC4)cc3)c3[nH]ncc3c2c1. The summed E-state index contributed by atoms with van der Waals surface area (Å²) in [4.78, 5) is 21.3. The topological polar surface area (TPSA) is 77.2 Å². The lowest BCUT2D eigenvalue weighted by Crippen LogP contribution is -2.46. The number of nitrogens with one attached hydrogen (secondary N) is 2. The van der Waals surface area contributed by atoms with E-state index in [2.05, 4.69) is 74.0 Å². The number of thioether (sulfide) groups is 1. The number of fused-ring (bicyclic) bond motifs is 3. The summed E-state index contributed by atoms with van der Waals surface area (Å²) in [5.74, 6) is 0.770. The van der Waals surface area contributed by atoms with Gasteiger partial charge in [0.25, 0.3) is 0 Å². The Bertz CT molecular complexity index is 1210. The lowest BCUT2D eigenvalue weighted by atomic mass is 10.1. The Morgan fingerprint density at radius 3 is 2.65 bits per heavy atom.